The first-order chi connectivity index (χ1) is 5.24. The Kier molecular flexibility index (Phi) is 3.34. The van der Waals surface area contributed by atoms with Crippen LogP contribution in [0, 0.1) is 11.8 Å². The lowest BCUT2D eigenvalue weighted by molar-refractivity contribution is -0.0980. The molecule has 0 aromatic heterocycles. The summed E-state index contributed by atoms with van der Waals surface area (Å²) in [6, 6.07) is 0. The van der Waals surface area contributed by atoms with Crippen LogP contribution < -0.4 is 0 Å². The van der Waals surface area contributed by atoms with E-state index in [1.165, 1.54) is 19.3 Å². The van der Waals surface area contributed by atoms with Crippen LogP contribution in [0.5, 0.6) is 0 Å². The van der Waals surface area contributed by atoms with Crippen molar-refractivity contribution < 1.29 is 10.2 Å². The van der Waals surface area contributed by atoms with Gasteiger partial charge in [-0.1, -0.05) is 26.2 Å². The van der Waals surface area contributed by atoms with Gasteiger partial charge in [0.2, 0.25) is 0 Å². The summed E-state index contributed by atoms with van der Waals surface area (Å²) in [7, 11) is 0. The predicted octanol–water partition coefficient (Wildman–Crippen LogP) is 1.51. The monoisotopic (exact) mass is 158 g/mol. The maximum absolute atomic E-state index is 8.95. The van der Waals surface area contributed by atoms with Crippen molar-refractivity contribution >= 4 is 0 Å². The largest absolute Gasteiger partial charge is 0.368 e. The molecular weight excluding hydrogens is 140 g/mol. The molecular formula is C9H18O2. The molecule has 2 N–H and O–H groups in total. The van der Waals surface area contributed by atoms with Crippen molar-refractivity contribution in [1.82, 2.24) is 0 Å². The molecule has 0 aromatic rings. The van der Waals surface area contributed by atoms with E-state index in [9.17, 15) is 0 Å². The third-order valence-corrected chi connectivity index (χ3v) is 2.82. The summed E-state index contributed by atoms with van der Waals surface area (Å²) in [6.07, 6.45) is 4.55. The summed E-state index contributed by atoms with van der Waals surface area (Å²) in [4.78, 5) is 0. The average molecular weight is 158 g/mol. The minimum absolute atomic E-state index is 0.147. The second-order valence-electron chi connectivity index (χ2n) is 3.61. The van der Waals surface area contributed by atoms with Gasteiger partial charge in [0.1, 0.15) is 0 Å². The van der Waals surface area contributed by atoms with Crippen LogP contribution in [0.4, 0.5) is 0 Å². The molecule has 0 aliphatic heterocycles. The highest BCUT2D eigenvalue weighted by Gasteiger charge is 2.24. The average Bonchev–Trinajstić information content (AvgIpc) is 2.05. The van der Waals surface area contributed by atoms with Crippen molar-refractivity contribution in [3.63, 3.8) is 0 Å². The maximum atomic E-state index is 8.95. The highest BCUT2D eigenvalue weighted by Crippen LogP contribution is 2.32. The van der Waals surface area contributed by atoms with E-state index in [0.717, 1.165) is 18.8 Å². The first-order valence-electron chi connectivity index (χ1n) is 4.60. The van der Waals surface area contributed by atoms with E-state index >= 15 is 0 Å². The second-order valence-corrected chi connectivity index (χ2v) is 3.61. The molecule has 2 unspecified atom stereocenters. The highest BCUT2D eigenvalue weighted by molar-refractivity contribution is 4.73. The summed E-state index contributed by atoms with van der Waals surface area (Å²) >= 11 is 0. The molecule has 11 heavy (non-hydrogen) atoms. The van der Waals surface area contributed by atoms with Gasteiger partial charge >= 0.3 is 0 Å². The molecule has 1 saturated carbocycles. The molecule has 0 bridgehead atoms. The standard InChI is InChI=1S/C9H18O2/c1-2-7-4-3-5-8(6-7)9(10)11/h7-11H,2-6H2,1H3. The lowest BCUT2D eigenvalue weighted by atomic mass is 9.80. The molecule has 2 atom stereocenters. The van der Waals surface area contributed by atoms with E-state index in [1.54, 1.807) is 0 Å². The van der Waals surface area contributed by atoms with Crippen LogP contribution in [0.2, 0.25) is 0 Å². The molecule has 1 aliphatic carbocycles. The van der Waals surface area contributed by atoms with Crippen molar-refractivity contribution in [3.8, 4) is 0 Å². The van der Waals surface area contributed by atoms with Gasteiger partial charge < -0.3 is 10.2 Å². The summed E-state index contributed by atoms with van der Waals surface area (Å²) in [5.41, 5.74) is 0. The zero-order valence-electron chi connectivity index (χ0n) is 7.16. The topological polar surface area (TPSA) is 40.5 Å². The van der Waals surface area contributed by atoms with E-state index in [2.05, 4.69) is 6.92 Å². The van der Waals surface area contributed by atoms with Gasteiger partial charge in [0.25, 0.3) is 0 Å². The summed E-state index contributed by atoms with van der Waals surface area (Å²) in [6.45, 7) is 2.18. The maximum Gasteiger partial charge on any atom is 0.154 e. The van der Waals surface area contributed by atoms with Crippen LogP contribution in [-0.2, 0) is 0 Å². The van der Waals surface area contributed by atoms with Crippen molar-refractivity contribution in [2.75, 3.05) is 0 Å². The van der Waals surface area contributed by atoms with Gasteiger partial charge in [-0.15, -0.1) is 0 Å². The number of rotatable bonds is 2. The van der Waals surface area contributed by atoms with Gasteiger partial charge in [-0.3, -0.25) is 0 Å². The van der Waals surface area contributed by atoms with Crippen LogP contribution in [0.15, 0.2) is 0 Å². The Morgan fingerprint density at radius 1 is 1.36 bits per heavy atom. The van der Waals surface area contributed by atoms with Crippen molar-refractivity contribution in [1.29, 1.82) is 0 Å². The van der Waals surface area contributed by atoms with Gasteiger partial charge in [0.05, 0.1) is 0 Å². The quantitative estimate of drug-likeness (QED) is 0.598. The van der Waals surface area contributed by atoms with Gasteiger partial charge in [0.15, 0.2) is 6.29 Å². The number of aliphatic hydroxyl groups is 2. The summed E-state index contributed by atoms with van der Waals surface area (Å²) in [5.74, 6) is 0.879. The van der Waals surface area contributed by atoms with Crippen molar-refractivity contribution in [2.45, 2.75) is 45.3 Å². The predicted molar refractivity (Wildman–Crippen MR) is 44.0 cm³/mol. The Bertz CT molecular complexity index is 112. The number of hydrogen-bond donors (Lipinski definition) is 2. The normalized spacial score (nSPS) is 32.7. The van der Waals surface area contributed by atoms with Crippen LogP contribution in [0.25, 0.3) is 0 Å². The van der Waals surface area contributed by atoms with Crippen LogP contribution >= 0.6 is 0 Å². The van der Waals surface area contributed by atoms with E-state index in [-0.39, 0.29) is 5.92 Å². The molecule has 1 fully saturated rings. The summed E-state index contributed by atoms with van der Waals surface area (Å²) in [5, 5.41) is 17.9. The minimum atomic E-state index is -1.08. The van der Waals surface area contributed by atoms with Crippen LogP contribution in [0.1, 0.15) is 39.0 Å². The van der Waals surface area contributed by atoms with Crippen molar-refractivity contribution in [2.24, 2.45) is 11.8 Å². The molecule has 1 aliphatic rings. The SMILES string of the molecule is CCC1CCCC(C(O)O)C1. The molecule has 0 aromatic carbocycles. The van der Waals surface area contributed by atoms with E-state index < -0.39 is 6.29 Å². The first-order valence-corrected chi connectivity index (χ1v) is 4.60. The third kappa shape index (κ3) is 2.46. The Morgan fingerprint density at radius 2 is 2.09 bits per heavy atom. The fourth-order valence-electron chi connectivity index (χ4n) is 1.97. The fraction of sp³-hybridized carbons (Fsp3) is 1.00. The molecule has 0 spiro atoms. The van der Waals surface area contributed by atoms with E-state index in [0.29, 0.717) is 0 Å². The molecule has 0 radical (unpaired) electrons. The van der Waals surface area contributed by atoms with Gasteiger partial charge in [-0.25, -0.2) is 0 Å². The number of hydrogen-bond acceptors (Lipinski definition) is 2. The van der Waals surface area contributed by atoms with E-state index in [4.69, 9.17) is 10.2 Å². The first kappa shape index (κ1) is 9.01. The Labute approximate surface area is 68.2 Å². The molecule has 2 heteroatoms. The molecule has 2 nitrogen and oxygen atoms in total. The third-order valence-electron chi connectivity index (χ3n) is 2.82. The second kappa shape index (κ2) is 4.07. The smallest absolute Gasteiger partial charge is 0.154 e. The molecule has 1 rings (SSSR count). The van der Waals surface area contributed by atoms with E-state index in [1.807, 2.05) is 0 Å². The molecule has 66 valence electrons. The lowest BCUT2D eigenvalue weighted by Gasteiger charge is -2.29. The highest BCUT2D eigenvalue weighted by atomic mass is 16.5. The molecule has 0 saturated heterocycles. The van der Waals surface area contributed by atoms with Crippen LogP contribution in [-0.4, -0.2) is 16.5 Å². The lowest BCUT2D eigenvalue weighted by Crippen LogP contribution is -2.25. The zero-order valence-corrected chi connectivity index (χ0v) is 7.16. The summed E-state index contributed by atoms with van der Waals surface area (Å²) < 4.78 is 0. The molecule has 0 heterocycles. The number of aliphatic hydroxyl groups excluding tert-OH is 1. The zero-order chi connectivity index (χ0) is 8.27. The molecule has 0 amide bonds. The Balaban J connectivity index is 2.33. The Morgan fingerprint density at radius 3 is 2.64 bits per heavy atom. The van der Waals surface area contributed by atoms with Gasteiger partial charge in [0, 0.05) is 5.92 Å². The van der Waals surface area contributed by atoms with Crippen LogP contribution in [0.3, 0.4) is 0 Å². The van der Waals surface area contributed by atoms with Crippen molar-refractivity contribution in [3.05, 3.63) is 0 Å². The minimum Gasteiger partial charge on any atom is -0.368 e. The van der Waals surface area contributed by atoms with Gasteiger partial charge in [-0.05, 0) is 18.8 Å². The Hall–Kier alpha value is -0.0800. The fourth-order valence-corrected chi connectivity index (χ4v) is 1.97. The van der Waals surface area contributed by atoms with Gasteiger partial charge in [-0.2, -0.15) is 0 Å².